The minimum absolute atomic E-state index is 0.0146. The van der Waals surface area contributed by atoms with Crippen molar-refractivity contribution >= 4 is 11.6 Å². The van der Waals surface area contributed by atoms with Crippen molar-refractivity contribution in [2.45, 2.75) is 25.4 Å². The molecule has 0 bridgehead atoms. The van der Waals surface area contributed by atoms with Crippen LogP contribution in [0.15, 0.2) is 48.7 Å². The van der Waals surface area contributed by atoms with E-state index in [4.69, 9.17) is 0 Å². The lowest BCUT2D eigenvalue weighted by Crippen LogP contribution is -2.32. The third-order valence-corrected chi connectivity index (χ3v) is 3.63. The van der Waals surface area contributed by atoms with Crippen molar-refractivity contribution in [2.75, 3.05) is 0 Å². The smallest absolute Gasteiger partial charge is 0.269 e. The first kappa shape index (κ1) is 14.2. The molecule has 0 N–H and O–H groups in total. The van der Waals surface area contributed by atoms with Gasteiger partial charge in [0.25, 0.3) is 11.6 Å². The summed E-state index contributed by atoms with van der Waals surface area (Å²) in [5, 5.41) is 10.7. The van der Waals surface area contributed by atoms with Crippen LogP contribution in [0.4, 0.5) is 5.69 Å². The zero-order valence-electron chi connectivity index (χ0n) is 11.9. The number of benzene rings is 1. The molecular weight excluding hydrogens is 282 g/mol. The molecular formula is C16H15N3O3. The Balaban J connectivity index is 1.79. The van der Waals surface area contributed by atoms with Gasteiger partial charge in [0.15, 0.2) is 0 Å². The van der Waals surface area contributed by atoms with Gasteiger partial charge in [0.05, 0.1) is 17.2 Å². The van der Waals surface area contributed by atoms with Crippen molar-refractivity contribution in [1.82, 2.24) is 9.88 Å². The number of amides is 1. The van der Waals surface area contributed by atoms with Gasteiger partial charge in [0.2, 0.25) is 0 Å². The Kier molecular flexibility index (Phi) is 3.82. The highest BCUT2D eigenvalue weighted by atomic mass is 16.6. The van der Waals surface area contributed by atoms with Crippen molar-refractivity contribution in [1.29, 1.82) is 0 Å². The SMILES string of the molecule is O=C(c1ccc([N+](=O)[O-])cc1)N(Cc1ccccn1)C1CC1. The number of nitro benzene ring substituents is 1. The van der Waals surface area contributed by atoms with E-state index in [0.717, 1.165) is 18.5 Å². The van der Waals surface area contributed by atoms with Gasteiger partial charge in [0, 0.05) is 29.9 Å². The summed E-state index contributed by atoms with van der Waals surface area (Å²) in [5.41, 5.74) is 1.29. The third kappa shape index (κ3) is 3.11. The second kappa shape index (κ2) is 5.93. The summed E-state index contributed by atoms with van der Waals surface area (Å²) in [6, 6.07) is 11.6. The summed E-state index contributed by atoms with van der Waals surface area (Å²) in [4.78, 5) is 28.9. The van der Waals surface area contributed by atoms with Gasteiger partial charge < -0.3 is 4.90 Å². The van der Waals surface area contributed by atoms with Crippen LogP contribution in [-0.2, 0) is 6.54 Å². The lowest BCUT2D eigenvalue weighted by molar-refractivity contribution is -0.384. The number of nitrogens with zero attached hydrogens (tertiary/aromatic N) is 3. The van der Waals surface area contributed by atoms with Crippen molar-refractivity contribution in [3.8, 4) is 0 Å². The van der Waals surface area contributed by atoms with E-state index in [9.17, 15) is 14.9 Å². The van der Waals surface area contributed by atoms with E-state index in [1.165, 1.54) is 24.3 Å². The molecule has 2 aromatic rings. The zero-order chi connectivity index (χ0) is 15.5. The number of carbonyl (C=O) groups is 1. The number of aromatic nitrogens is 1. The van der Waals surface area contributed by atoms with Crippen LogP contribution in [0.5, 0.6) is 0 Å². The van der Waals surface area contributed by atoms with Crippen LogP contribution in [-0.4, -0.2) is 26.8 Å². The van der Waals surface area contributed by atoms with Gasteiger partial charge in [-0.25, -0.2) is 0 Å². The van der Waals surface area contributed by atoms with Crippen molar-refractivity contribution in [3.05, 3.63) is 70.0 Å². The molecule has 0 atom stereocenters. The number of pyridine rings is 1. The molecule has 0 saturated heterocycles. The average Bonchev–Trinajstić information content (AvgIpc) is 3.38. The molecule has 1 amide bonds. The van der Waals surface area contributed by atoms with E-state index in [0.29, 0.717) is 12.1 Å². The number of nitro groups is 1. The van der Waals surface area contributed by atoms with Gasteiger partial charge in [-0.05, 0) is 37.1 Å². The molecule has 1 aliphatic carbocycles. The highest BCUT2D eigenvalue weighted by Gasteiger charge is 2.33. The maximum Gasteiger partial charge on any atom is 0.269 e. The van der Waals surface area contributed by atoms with E-state index in [1.54, 1.807) is 11.1 Å². The first-order valence-electron chi connectivity index (χ1n) is 7.10. The fraction of sp³-hybridized carbons (Fsp3) is 0.250. The number of hydrogen-bond acceptors (Lipinski definition) is 4. The summed E-state index contributed by atoms with van der Waals surface area (Å²) in [7, 11) is 0. The van der Waals surface area contributed by atoms with Crippen molar-refractivity contribution in [2.24, 2.45) is 0 Å². The van der Waals surface area contributed by atoms with E-state index in [2.05, 4.69) is 4.98 Å². The van der Waals surface area contributed by atoms with Crippen LogP contribution in [0, 0.1) is 10.1 Å². The molecule has 112 valence electrons. The Morgan fingerprint density at radius 3 is 2.50 bits per heavy atom. The highest BCUT2D eigenvalue weighted by Crippen LogP contribution is 2.29. The predicted molar refractivity (Wildman–Crippen MR) is 80.2 cm³/mol. The average molecular weight is 297 g/mol. The normalized spacial score (nSPS) is 13.6. The highest BCUT2D eigenvalue weighted by molar-refractivity contribution is 5.94. The molecule has 22 heavy (non-hydrogen) atoms. The molecule has 1 aromatic carbocycles. The van der Waals surface area contributed by atoms with Gasteiger partial charge in [0.1, 0.15) is 0 Å². The molecule has 1 heterocycles. The quantitative estimate of drug-likeness (QED) is 0.628. The Morgan fingerprint density at radius 1 is 1.23 bits per heavy atom. The Hall–Kier alpha value is -2.76. The first-order chi connectivity index (χ1) is 10.6. The van der Waals surface area contributed by atoms with Gasteiger partial charge in [-0.15, -0.1) is 0 Å². The molecule has 1 aliphatic rings. The van der Waals surface area contributed by atoms with Crippen LogP contribution >= 0.6 is 0 Å². The zero-order valence-corrected chi connectivity index (χ0v) is 11.9. The molecule has 0 aliphatic heterocycles. The topological polar surface area (TPSA) is 76.3 Å². The van der Waals surface area contributed by atoms with Crippen LogP contribution in [0.2, 0.25) is 0 Å². The molecule has 1 fully saturated rings. The van der Waals surface area contributed by atoms with Crippen LogP contribution in [0.3, 0.4) is 0 Å². The van der Waals surface area contributed by atoms with Crippen LogP contribution < -0.4 is 0 Å². The van der Waals surface area contributed by atoms with Gasteiger partial charge >= 0.3 is 0 Å². The van der Waals surface area contributed by atoms with Crippen LogP contribution in [0.1, 0.15) is 28.9 Å². The molecule has 1 saturated carbocycles. The lowest BCUT2D eigenvalue weighted by Gasteiger charge is -2.22. The maximum atomic E-state index is 12.6. The largest absolute Gasteiger partial charge is 0.330 e. The van der Waals surface area contributed by atoms with Gasteiger partial charge in [-0.1, -0.05) is 6.07 Å². The molecule has 3 rings (SSSR count). The number of carbonyl (C=O) groups excluding carboxylic acids is 1. The molecule has 0 spiro atoms. The fourth-order valence-electron chi connectivity index (χ4n) is 2.31. The van der Waals surface area contributed by atoms with E-state index >= 15 is 0 Å². The minimum atomic E-state index is -0.471. The van der Waals surface area contributed by atoms with Crippen LogP contribution in [0.25, 0.3) is 0 Å². The summed E-state index contributed by atoms with van der Waals surface area (Å²) >= 11 is 0. The van der Waals surface area contributed by atoms with Crippen molar-refractivity contribution < 1.29 is 9.72 Å². The van der Waals surface area contributed by atoms with E-state index in [-0.39, 0.29) is 17.6 Å². The summed E-state index contributed by atoms with van der Waals surface area (Å²) in [6.07, 6.45) is 3.69. The Labute approximate surface area is 127 Å². The maximum absolute atomic E-state index is 12.6. The van der Waals surface area contributed by atoms with E-state index < -0.39 is 4.92 Å². The molecule has 0 unspecified atom stereocenters. The minimum Gasteiger partial charge on any atom is -0.330 e. The number of rotatable bonds is 5. The monoisotopic (exact) mass is 297 g/mol. The fourth-order valence-corrected chi connectivity index (χ4v) is 2.31. The Bertz CT molecular complexity index is 682. The van der Waals surface area contributed by atoms with Crippen molar-refractivity contribution in [3.63, 3.8) is 0 Å². The summed E-state index contributed by atoms with van der Waals surface area (Å²) in [5.74, 6) is -0.108. The van der Waals surface area contributed by atoms with Gasteiger partial charge in [-0.3, -0.25) is 19.9 Å². The predicted octanol–water partition coefficient (Wildman–Crippen LogP) is 2.79. The molecule has 0 radical (unpaired) electrons. The standard InChI is InChI=1S/C16H15N3O3/c20-16(12-4-6-15(7-5-12)19(21)22)18(14-8-9-14)11-13-3-1-2-10-17-13/h1-7,10,14H,8-9,11H2. The summed E-state index contributed by atoms with van der Waals surface area (Å²) in [6.45, 7) is 0.460. The third-order valence-electron chi connectivity index (χ3n) is 3.63. The number of hydrogen-bond donors (Lipinski definition) is 0. The van der Waals surface area contributed by atoms with Gasteiger partial charge in [-0.2, -0.15) is 0 Å². The lowest BCUT2D eigenvalue weighted by atomic mass is 10.1. The molecule has 6 nitrogen and oxygen atoms in total. The second-order valence-electron chi connectivity index (χ2n) is 5.29. The Morgan fingerprint density at radius 2 is 1.95 bits per heavy atom. The van der Waals surface area contributed by atoms with E-state index in [1.807, 2.05) is 18.2 Å². The summed E-state index contributed by atoms with van der Waals surface area (Å²) < 4.78 is 0. The number of non-ortho nitro benzene ring substituents is 1. The first-order valence-corrected chi connectivity index (χ1v) is 7.10. The molecule has 6 heteroatoms. The second-order valence-corrected chi connectivity index (χ2v) is 5.29. The molecule has 1 aromatic heterocycles.